The highest BCUT2D eigenvalue weighted by molar-refractivity contribution is 14.1. The van der Waals surface area contributed by atoms with E-state index in [1.807, 2.05) is 32.0 Å². The predicted molar refractivity (Wildman–Crippen MR) is 83.9 cm³/mol. The van der Waals surface area contributed by atoms with E-state index in [0.717, 1.165) is 3.57 Å². The Hall–Kier alpha value is -1.11. The molecule has 0 radical (unpaired) electrons. The Morgan fingerprint density at radius 1 is 1.26 bits per heavy atom. The summed E-state index contributed by atoms with van der Waals surface area (Å²) in [6.07, 6.45) is 0.620. The van der Waals surface area contributed by atoms with Gasteiger partial charge in [-0.25, -0.2) is 0 Å². The quantitative estimate of drug-likeness (QED) is 0.777. The van der Waals surface area contributed by atoms with Gasteiger partial charge in [0, 0.05) is 10.6 Å². The third kappa shape index (κ3) is 4.81. The zero-order chi connectivity index (χ0) is 14.4. The average molecular weight is 374 g/mol. The van der Waals surface area contributed by atoms with Crippen LogP contribution in [0.3, 0.4) is 0 Å². The van der Waals surface area contributed by atoms with Crippen LogP contribution >= 0.6 is 22.6 Å². The Morgan fingerprint density at radius 3 is 2.42 bits per heavy atom. The fraction of sp³-hybridized carbons (Fsp3) is 0.429. The summed E-state index contributed by atoms with van der Waals surface area (Å²) in [6, 6.07) is 6.82. The van der Waals surface area contributed by atoms with Crippen molar-refractivity contribution in [3.63, 3.8) is 0 Å². The standard InChI is InChI=1S/C14H19IN2O2/c1-9(2)8-12(14(19)16-3)17-13(18)10-6-4-5-7-11(10)15/h4-7,9,12H,8H2,1-3H3,(H,16,19)(H,17,18). The summed E-state index contributed by atoms with van der Waals surface area (Å²) in [5, 5.41) is 5.39. The van der Waals surface area contributed by atoms with Crippen LogP contribution in [-0.2, 0) is 4.79 Å². The Labute approximate surface area is 127 Å². The SMILES string of the molecule is CNC(=O)C(CC(C)C)NC(=O)c1ccccc1I. The zero-order valence-corrected chi connectivity index (χ0v) is 13.5. The van der Waals surface area contributed by atoms with Crippen molar-refractivity contribution >= 4 is 34.4 Å². The van der Waals surface area contributed by atoms with E-state index in [0.29, 0.717) is 17.9 Å². The number of carbonyl (C=O) groups is 2. The van der Waals surface area contributed by atoms with Gasteiger partial charge in [-0.1, -0.05) is 26.0 Å². The van der Waals surface area contributed by atoms with Crippen LogP contribution in [0.4, 0.5) is 0 Å². The number of rotatable bonds is 5. The molecule has 1 aromatic carbocycles. The van der Waals surface area contributed by atoms with Crippen LogP contribution in [0.2, 0.25) is 0 Å². The topological polar surface area (TPSA) is 58.2 Å². The molecule has 0 heterocycles. The maximum absolute atomic E-state index is 12.2. The van der Waals surface area contributed by atoms with Gasteiger partial charge in [-0.05, 0) is 47.1 Å². The van der Waals surface area contributed by atoms with Crippen LogP contribution in [0, 0.1) is 9.49 Å². The normalized spacial score (nSPS) is 12.1. The molecule has 0 aromatic heterocycles. The maximum atomic E-state index is 12.2. The number of halogens is 1. The van der Waals surface area contributed by atoms with Crippen molar-refractivity contribution in [3.8, 4) is 0 Å². The van der Waals surface area contributed by atoms with Crippen molar-refractivity contribution in [1.29, 1.82) is 0 Å². The molecule has 104 valence electrons. The van der Waals surface area contributed by atoms with Crippen molar-refractivity contribution in [2.24, 2.45) is 5.92 Å². The first kappa shape index (κ1) is 15.9. The van der Waals surface area contributed by atoms with Gasteiger partial charge in [0.25, 0.3) is 5.91 Å². The molecule has 0 spiro atoms. The molecule has 0 aliphatic carbocycles. The summed E-state index contributed by atoms with van der Waals surface area (Å²) in [7, 11) is 1.58. The minimum absolute atomic E-state index is 0.159. The van der Waals surface area contributed by atoms with Gasteiger partial charge < -0.3 is 10.6 Å². The first-order chi connectivity index (χ1) is 8.95. The van der Waals surface area contributed by atoms with Gasteiger partial charge >= 0.3 is 0 Å². The summed E-state index contributed by atoms with van der Waals surface area (Å²) in [5.41, 5.74) is 0.598. The van der Waals surface area contributed by atoms with Crippen molar-refractivity contribution in [2.75, 3.05) is 7.05 Å². The lowest BCUT2D eigenvalue weighted by molar-refractivity contribution is -0.122. The lowest BCUT2D eigenvalue weighted by atomic mass is 10.0. The van der Waals surface area contributed by atoms with Crippen molar-refractivity contribution in [1.82, 2.24) is 10.6 Å². The summed E-state index contributed by atoms with van der Waals surface area (Å²) in [5.74, 6) is -0.0373. The minimum atomic E-state index is -0.492. The van der Waals surface area contributed by atoms with Gasteiger partial charge in [0.15, 0.2) is 0 Å². The van der Waals surface area contributed by atoms with Gasteiger partial charge in [0.1, 0.15) is 6.04 Å². The van der Waals surface area contributed by atoms with Crippen LogP contribution in [0.15, 0.2) is 24.3 Å². The number of benzene rings is 1. The van der Waals surface area contributed by atoms with E-state index >= 15 is 0 Å². The Morgan fingerprint density at radius 2 is 1.89 bits per heavy atom. The Kier molecular flexibility index (Phi) is 6.27. The molecule has 1 atom stereocenters. The van der Waals surface area contributed by atoms with E-state index in [1.165, 1.54) is 0 Å². The summed E-state index contributed by atoms with van der Waals surface area (Å²) in [6.45, 7) is 4.04. The summed E-state index contributed by atoms with van der Waals surface area (Å²) in [4.78, 5) is 24.0. The Balaban J connectivity index is 2.82. The Bertz CT molecular complexity index is 461. The van der Waals surface area contributed by atoms with Crippen LogP contribution < -0.4 is 10.6 Å². The monoisotopic (exact) mass is 374 g/mol. The fourth-order valence-electron chi connectivity index (χ4n) is 1.76. The fourth-order valence-corrected chi connectivity index (χ4v) is 2.39. The van der Waals surface area contributed by atoms with Crippen molar-refractivity contribution < 1.29 is 9.59 Å². The van der Waals surface area contributed by atoms with Gasteiger partial charge in [0.2, 0.25) is 5.91 Å². The molecule has 0 saturated carbocycles. The average Bonchev–Trinajstić information content (AvgIpc) is 2.36. The van der Waals surface area contributed by atoms with Crippen LogP contribution in [0.5, 0.6) is 0 Å². The van der Waals surface area contributed by atoms with Crippen LogP contribution in [0.1, 0.15) is 30.6 Å². The molecule has 1 aromatic rings. The summed E-state index contributed by atoms with van der Waals surface area (Å²) < 4.78 is 0.873. The number of carbonyl (C=O) groups excluding carboxylic acids is 2. The first-order valence-corrected chi connectivity index (χ1v) is 7.30. The van der Waals surface area contributed by atoms with E-state index in [-0.39, 0.29) is 11.8 Å². The largest absolute Gasteiger partial charge is 0.357 e. The van der Waals surface area contributed by atoms with Gasteiger partial charge in [-0.2, -0.15) is 0 Å². The lowest BCUT2D eigenvalue weighted by Crippen LogP contribution is -2.46. The molecule has 5 heteroatoms. The second-order valence-corrected chi connectivity index (χ2v) is 5.91. The molecule has 0 aliphatic rings. The molecule has 4 nitrogen and oxygen atoms in total. The lowest BCUT2D eigenvalue weighted by Gasteiger charge is -2.19. The molecule has 0 fully saturated rings. The molecular formula is C14H19IN2O2. The number of hydrogen-bond acceptors (Lipinski definition) is 2. The van der Waals surface area contributed by atoms with Crippen molar-refractivity contribution in [3.05, 3.63) is 33.4 Å². The highest BCUT2D eigenvalue weighted by Gasteiger charge is 2.22. The number of likely N-dealkylation sites (N-methyl/N-ethyl adjacent to an activating group) is 1. The second-order valence-electron chi connectivity index (χ2n) is 4.75. The third-order valence-corrected chi connectivity index (χ3v) is 3.63. The van der Waals surface area contributed by atoms with Crippen LogP contribution in [-0.4, -0.2) is 24.9 Å². The molecule has 2 N–H and O–H groups in total. The predicted octanol–water partition coefficient (Wildman–Crippen LogP) is 2.18. The van der Waals surface area contributed by atoms with Crippen molar-refractivity contribution in [2.45, 2.75) is 26.3 Å². The van der Waals surface area contributed by atoms with E-state index < -0.39 is 6.04 Å². The molecule has 1 unspecified atom stereocenters. The second kappa shape index (κ2) is 7.47. The molecule has 19 heavy (non-hydrogen) atoms. The molecule has 1 rings (SSSR count). The maximum Gasteiger partial charge on any atom is 0.253 e. The number of amides is 2. The summed E-state index contributed by atoms with van der Waals surface area (Å²) >= 11 is 2.11. The number of hydrogen-bond donors (Lipinski definition) is 2. The molecule has 2 amide bonds. The first-order valence-electron chi connectivity index (χ1n) is 6.22. The molecule has 0 bridgehead atoms. The highest BCUT2D eigenvalue weighted by atomic mass is 127. The molecule has 0 aliphatic heterocycles. The van der Waals surface area contributed by atoms with Gasteiger partial charge in [0.05, 0.1) is 5.56 Å². The molecule has 0 saturated heterocycles. The van der Waals surface area contributed by atoms with E-state index in [2.05, 4.69) is 33.2 Å². The zero-order valence-electron chi connectivity index (χ0n) is 11.4. The van der Waals surface area contributed by atoms with E-state index in [1.54, 1.807) is 13.1 Å². The van der Waals surface area contributed by atoms with E-state index in [4.69, 9.17) is 0 Å². The smallest absolute Gasteiger partial charge is 0.253 e. The van der Waals surface area contributed by atoms with Crippen LogP contribution in [0.25, 0.3) is 0 Å². The van der Waals surface area contributed by atoms with E-state index in [9.17, 15) is 9.59 Å². The highest BCUT2D eigenvalue weighted by Crippen LogP contribution is 2.12. The van der Waals surface area contributed by atoms with Gasteiger partial charge in [-0.3, -0.25) is 9.59 Å². The third-order valence-electron chi connectivity index (χ3n) is 2.69. The molecular weight excluding hydrogens is 355 g/mol. The minimum Gasteiger partial charge on any atom is -0.357 e. The van der Waals surface area contributed by atoms with Gasteiger partial charge in [-0.15, -0.1) is 0 Å². The number of nitrogens with one attached hydrogen (secondary N) is 2.